The number of aliphatic hydroxyl groups excluding tert-OH is 1. The van der Waals surface area contributed by atoms with Crippen molar-refractivity contribution in [2.45, 2.75) is 25.5 Å². The highest BCUT2D eigenvalue weighted by Gasteiger charge is 2.15. The number of benzene rings is 1. The SMILES string of the molecule is CC(CC(O)c1ccccc1)NC(=O)Nc1cccn(C)c1=O. The molecule has 122 valence electrons. The first-order valence-corrected chi connectivity index (χ1v) is 7.43. The van der Waals surface area contributed by atoms with E-state index in [2.05, 4.69) is 10.6 Å². The fourth-order valence-corrected chi connectivity index (χ4v) is 2.28. The van der Waals surface area contributed by atoms with Gasteiger partial charge in [0.25, 0.3) is 5.56 Å². The van der Waals surface area contributed by atoms with Gasteiger partial charge in [-0.25, -0.2) is 4.79 Å². The number of urea groups is 1. The van der Waals surface area contributed by atoms with Crippen LogP contribution in [0.2, 0.25) is 0 Å². The number of aliphatic hydroxyl groups is 1. The Morgan fingerprint density at radius 1 is 1.22 bits per heavy atom. The monoisotopic (exact) mass is 315 g/mol. The van der Waals surface area contributed by atoms with Gasteiger partial charge in [-0.15, -0.1) is 0 Å². The predicted octanol–water partition coefficient (Wildman–Crippen LogP) is 2.02. The van der Waals surface area contributed by atoms with Crippen LogP contribution in [0.4, 0.5) is 10.5 Å². The summed E-state index contributed by atoms with van der Waals surface area (Å²) in [5.41, 5.74) is 0.737. The molecule has 1 aromatic heterocycles. The fraction of sp³-hybridized carbons (Fsp3) is 0.294. The van der Waals surface area contributed by atoms with E-state index in [0.717, 1.165) is 5.56 Å². The van der Waals surface area contributed by atoms with Gasteiger partial charge in [-0.05, 0) is 31.0 Å². The lowest BCUT2D eigenvalue weighted by Crippen LogP contribution is -2.38. The highest BCUT2D eigenvalue weighted by atomic mass is 16.3. The second-order valence-electron chi connectivity index (χ2n) is 5.50. The highest BCUT2D eigenvalue weighted by Crippen LogP contribution is 2.17. The molecule has 2 rings (SSSR count). The normalized spacial score (nSPS) is 13.2. The van der Waals surface area contributed by atoms with Crippen LogP contribution in [0.25, 0.3) is 0 Å². The van der Waals surface area contributed by atoms with Crippen molar-refractivity contribution in [3.63, 3.8) is 0 Å². The van der Waals surface area contributed by atoms with Crippen LogP contribution in [0.5, 0.6) is 0 Å². The minimum absolute atomic E-state index is 0.211. The predicted molar refractivity (Wildman–Crippen MR) is 89.3 cm³/mol. The van der Waals surface area contributed by atoms with Crippen LogP contribution < -0.4 is 16.2 Å². The Bertz CT molecular complexity index is 713. The van der Waals surface area contributed by atoms with Crippen LogP contribution in [-0.4, -0.2) is 21.7 Å². The van der Waals surface area contributed by atoms with E-state index in [9.17, 15) is 14.7 Å². The summed E-state index contributed by atoms with van der Waals surface area (Å²) in [5.74, 6) is 0. The summed E-state index contributed by atoms with van der Waals surface area (Å²) in [5, 5.41) is 15.4. The molecule has 3 N–H and O–H groups in total. The number of aromatic nitrogens is 1. The molecule has 2 unspecified atom stereocenters. The van der Waals surface area contributed by atoms with Crippen molar-refractivity contribution in [3.8, 4) is 0 Å². The van der Waals surface area contributed by atoms with E-state index in [0.29, 0.717) is 6.42 Å². The van der Waals surface area contributed by atoms with Crippen molar-refractivity contribution in [1.29, 1.82) is 0 Å². The van der Waals surface area contributed by atoms with E-state index in [-0.39, 0.29) is 17.3 Å². The molecule has 0 saturated carbocycles. The minimum atomic E-state index is -0.656. The van der Waals surface area contributed by atoms with E-state index in [1.54, 1.807) is 32.3 Å². The molecule has 0 aliphatic rings. The summed E-state index contributed by atoms with van der Waals surface area (Å²) in [6, 6.07) is 11.8. The molecule has 0 fully saturated rings. The smallest absolute Gasteiger partial charge is 0.319 e. The van der Waals surface area contributed by atoms with Gasteiger partial charge in [0.05, 0.1) is 6.10 Å². The Morgan fingerprint density at radius 3 is 2.61 bits per heavy atom. The number of pyridine rings is 1. The largest absolute Gasteiger partial charge is 0.388 e. The number of carbonyl (C=O) groups excluding carboxylic acids is 1. The Hall–Kier alpha value is -2.60. The molecule has 0 aliphatic carbocycles. The molecule has 0 spiro atoms. The molecule has 2 amide bonds. The van der Waals surface area contributed by atoms with E-state index in [1.807, 2.05) is 30.3 Å². The first-order valence-electron chi connectivity index (χ1n) is 7.43. The number of rotatable bonds is 5. The standard InChI is InChI=1S/C17H21N3O3/c1-12(11-15(21)13-7-4-3-5-8-13)18-17(23)19-14-9-6-10-20(2)16(14)22/h3-10,12,15,21H,11H2,1-2H3,(H2,18,19,23). The van der Waals surface area contributed by atoms with Crippen molar-refractivity contribution in [2.24, 2.45) is 7.05 Å². The number of anilines is 1. The van der Waals surface area contributed by atoms with Crippen molar-refractivity contribution >= 4 is 11.7 Å². The Labute approximate surface area is 134 Å². The zero-order chi connectivity index (χ0) is 16.8. The van der Waals surface area contributed by atoms with Crippen LogP contribution in [0.3, 0.4) is 0 Å². The van der Waals surface area contributed by atoms with Crippen molar-refractivity contribution < 1.29 is 9.90 Å². The van der Waals surface area contributed by atoms with Crippen LogP contribution in [0, 0.1) is 0 Å². The average Bonchev–Trinajstić information content (AvgIpc) is 2.52. The molecule has 0 radical (unpaired) electrons. The summed E-state index contributed by atoms with van der Waals surface area (Å²) in [7, 11) is 1.62. The third-order valence-electron chi connectivity index (χ3n) is 3.51. The van der Waals surface area contributed by atoms with Crippen molar-refractivity contribution in [1.82, 2.24) is 9.88 Å². The van der Waals surface area contributed by atoms with Gasteiger partial charge in [-0.2, -0.15) is 0 Å². The van der Waals surface area contributed by atoms with E-state index in [1.165, 1.54) is 4.57 Å². The Morgan fingerprint density at radius 2 is 1.91 bits per heavy atom. The summed E-state index contributed by atoms with van der Waals surface area (Å²) in [6.07, 6.45) is 1.34. The first kappa shape index (κ1) is 16.8. The molecule has 6 nitrogen and oxygen atoms in total. The van der Waals surface area contributed by atoms with Gasteiger partial charge in [0.2, 0.25) is 0 Å². The van der Waals surface area contributed by atoms with Gasteiger partial charge in [-0.3, -0.25) is 4.79 Å². The van der Waals surface area contributed by atoms with Gasteiger partial charge >= 0.3 is 6.03 Å². The Balaban J connectivity index is 1.90. The molecule has 23 heavy (non-hydrogen) atoms. The second-order valence-corrected chi connectivity index (χ2v) is 5.50. The molecular weight excluding hydrogens is 294 g/mol. The number of nitrogens with one attached hydrogen (secondary N) is 2. The third kappa shape index (κ3) is 4.69. The lowest BCUT2D eigenvalue weighted by atomic mass is 10.0. The molecule has 0 saturated heterocycles. The first-order chi connectivity index (χ1) is 11.0. The highest BCUT2D eigenvalue weighted by molar-refractivity contribution is 5.89. The van der Waals surface area contributed by atoms with Gasteiger partial charge in [-0.1, -0.05) is 30.3 Å². The number of amides is 2. The van der Waals surface area contributed by atoms with E-state index >= 15 is 0 Å². The maximum Gasteiger partial charge on any atom is 0.319 e. The Kier molecular flexibility index (Phi) is 5.54. The lowest BCUT2D eigenvalue weighted by molar-refractivity contribution is 0.155. The van der Waals surface area contributed by atoms with Gasteiger partial charge in [0, 0.05) is 19.3 Å². The second kappa shape index (κ2) is 7.60. The number of nitrogens with zero attached hydrogens (tertiary/aromatic N) is 1. The molecule has 1 heterocycles. The lowest BCUT2D eigenvalue weighted by Gasteiger charge is -2.18. The van der Waals surface area contributed by atoms with E-state index < -0.39 is 12.1 Å². The van der Waals surface area contributed by atoms with Crippen molar-refractivity contribution in [2.75, 3.05) is 5.32 Å². The summed E-state index contributed by atoms with van der Waals surface area (Å²) in [4.78, 5) is 23.8. The molecule has 1 aromatic carbocycles. The topological polar surface area (TPSA) is 83.4 Å². The van der Waals surface area contributed by atoms with Crippen LogP contribution in [0.15, 0.2) is 53.5 Å². The van der Waals surface area contributed by atoms with Crippen molar-refractivity contribution in [3.05, 3.63) is 64.6 Å². The van der Waals surface area contributed by atoms with Gasteiger partial charge in [0.15, 0.2) is 0 Å². The summed E-state index contributed by atoms with van der Waals surface area (Å²) in [6.45, 7) is 1.80. The maximum absolute atomic E-state index is 12.0. The minimum Gasteiger partial charge on any atom is -0.388 e. The number of hydrogen-bond donors (Lipinski definition) is 3. The number of carbonyl (C=O) groups is 1. The third-order valence-corrected chi connectivity index (χ3v) is 3.51. The van der Waals surface area contributed by atoms with Gasteiger partial charge < -0.3 is 20.3 Å². The average molecular weight is 315 g/mol. The van der Waals surface area contributed by atoms with E-state index in [4.69, 9.17) is 0 Å². The molecule has 0 bridgehead atoms. The molecule has 0 aliphatic heterocycles. The molecule has 6 heteroatoms. The maximum atomic E-state index is 12.0. The number of hydrogen-bond acceptors (Lipinski definition) is 3. The zero-order valence-corrected chi connectivity index (χ0v) is 13.2. The van der Waals surface area contributed by atoms with Crippen LogP contribution in [-0.2, 0) is 7.05 Å². The summed E-state index contributed by atoms with van der Waals surface area (Å²) < 4.78 is 1.39. The molecular formula is C17H21N3O3. The molecule has 2 atom stereocenters. The quantitative estimate of drug-likeness (QED) is 0.789. The number of aryl methyl sites for hydroxylation is 1. The summed E-state index contributed by atoms with van der Waals surface area (Å²) >= 11 is 0. The zero-order valence-electron chi connectivity index (χ0n) is 13.2. The molecule has 2 aromatic rings. The van der Waals surface area contributed by atoms with Gasteiger partial charge in [0.1, 0.15) is 5.69 Å². The van der Waals surface area contributed by atoms with Crippen LogP contribution >= 0.6 is 0 Å². The fourth-order valence-electron chi connectivity index (χ4n) is 2.28. The van der Waals surface area contributed by atoms with Crippen LogP contribution in [0.1, 0.15) is 25.0 Å².